The number of likely N-dealkylation sites (N-methyl/N-ethyl adjacent to an activating group) is 1. The zero-order chi connectivity index (χ0) is 18.2. The maximum absolute atomic E-state index is 4.47. The lowest BCUT2D eigenvalue weighted by atomic mass is 10.1. The van der Waals surface area contributed by atoms with Crippen LogP contribution >= 0.6 is 0 Å². The molecule has 0 aliphatic carbocycles. The van der Waals surface area contributed by atoms with Gasteiger partial charge >= 0.3 is 0 Å². The summed E-state index contributed by atoms with van der Waals surface area (Å²) in [5.41, 5.74) is 2.89. The van der Waals surface area contributed by atoms with Gasteiger partial charge in [0.05, 0.1) is 11.4 Å². The Morgan fingerprint density at radius 3 is 2.19 bits per heavy atom. The maximum atomic E-state index is 4.47. The minimum Gasteiger partial charge on any atom is -0.383 e. The van der Waals surface area contributed by atoms with Gasteiger partial charge in [0.15, 0.2) is 0 Å². The summed E-state index contributed by atoms with van der Waals surface area (Å²) in [6, 6.07) is 22.3. The van der Waals surface area contributed by atoms with Crippen LogP contribution in [-0.4, -0.2) is 31.1 Å². The van der Waals surface area contributed by atoms with E-state index in [1.807, 2.05) is 42.5 Å². The molecule has 1 N–H and O–H groups in total. The number of anilines is 1. The van der Waals surface area contributed by atoms with E-state index < -0.39 is 0 Å². The van der Waals surface area contributed by atoms with Crippen molar-refractivity contribution in [2.75, 3.05) is 31.5 Å². The first-order valence-electron chi connectivity index (χ1n) is 9.26. The second kappa shape index (κ2) is 9.11. The number of nitrogens with one attached hydrogen (secondary N) is 1. The summed E-state index contributed by atoms with van der Waals surface area (Å²) in [6.07, 6.45) is 0. The van der Waals surface area contributed by atoms with Crippen molar-refractivity contribution < 1.29 is 0 Å². The first-order chi connectivity index (χ1) is 12.8. The van der Waals surface area contributed by atoms with Crippen LogP contribution in [-0.2, 0) is 0 Å². The lowest BCUT2D eigenvalue weighted by molar-refractivity contribution is 0.316. The van der Waals surface area contributed by atoms with Gasteiger partial charge in [-0.3, -0.25) is 0 Å². The molecule has 3 aromatic carbocycles. The minimum absolute atomic E-state index is 0.859. The van der Waals surface area contributed by atoms with Crippen molar-refractivity contribution in [2.45, 2.75) is 13.8 Å². The highest BCUT2D eigenvalue weighted by Gasteiger charge is 2.06. The van der Waals surface area contributed by atoms with E-state index >= 15 is 0 Å². The monoisotopic (exact) mass is 346 g/mol. The molecule has 134 valence electrons. The predicted octanol–water partition coefficient (Wildman–Crippen LogP) is 6.01. The Bertz CT molecular complexity index is 854. The highest BCUT2D eigenvalue weighted by molar-refractivity contribution is 6.00. The highest BCUT2D eigenvalue weighted by Crippen LogP contribution is 2.32. The number of fused-ring (bicyclic) bond motifs is 1. The summed E-state index contributed by atoms with van der Waals surface area (Å²) in [6.45, 7) is 8.53. The third-order valence-electron chi connectivity index (χ3n) is 4.57. The van der Waals surface area contributed by atoms with Crippen LogP contribution in [0.3, 0.4) is 0 Å². The van der Waals surface area contributed by atoms with Crippen molar-refractivity contribution in [1.29, 1.82) is 0 Å². The molecule has 0 atom stereocenters. The molecule has 3 aromatic rings. The number of hydrogen-bond donors (Lipinski definition) is 1. The number of azo groups is 1. The summed E-state index contributed by atoms with van der Waals surface area (Å²) in [7, 11) is 0. The molecule has 0 heterocycles. The van der Waals surface area contributed by atoms with Crippen molar-refractivity contribution in [3.8, 4) is 0 Å². The van der Waals surface area contributed by atoms with Crippen LogP contribution in [0, 0.1) is 0 Å². The van der Waals surface area contributed by atoms with Crippen LogP contribution < -0.4 is 5.32 Å². The minimum atomic E-state index is 0.859. The molecule has 0 saturated heterocycles. The summed E-state index contributed by atoms with van der Waals surface area (Å²) in [4.78, 5) is 2.41. The molecule has 0 bridgehead atoms. The van der Waals surface area contributed by atoms with Crippen LogP contribution in [0.5, 0.6) is 0 Å². The van der Waals surface area contributed by atoms with Gasteiger partial charge in [0.1, 0.15) is 0 Å². The van der Waals surface area contributed by atoms with E-state index in [1.165, 1.54) is 5.39 Å². The fourth-order valence-electron chi connectivity index (χ4n) is 3.02. The molecule has 0 fully saturated rings. The maximum Gasteiger partial charge on any atom is 0.0936 e. The summed E-state index contributed by atoms with van der Waals surface area (Å²) in [5.74, 6) is 0. The van der Waals surface area contributed by atoms with E-state index in [9.17, 15) is 0 Å². The quantitative estimate of drug-likeness (QED) is 0.507. The first kappa shape index (κ1) is 18.1. The fourth-order valence-corrected chi connectivity index (χ4v) is 3.02. The van der Waals surface area contributed by atoms with Gasteiger partial charge in [-0.25, -0.2) is 0 Å². The van der Waals surface area contributed by atoms with Gasteiger partial charge in [0.2, 0.25) is 0 Å². The van der Waals surface area contributed by atoms with Crippen molar-refractivity contribution in [2.24, 2.45) is 10.2 Å². The molecule has 0 aliphatic rings. The van der Waals surface area contributed by atoms with Crippen LogP contribution in [0.4, 0.5) is 17.1 Å². The summed E-state index contributed by atoms with van der Waals surface area (Å²) in [5, 5.41) is 14.7. The number of rotatable bonds is 8. The summed E-state index contributed by atoms with van der Waals surface area (Å²) < 4.78 is 0. The normalized spacial score (nSPS) is 11.5. The molecule has 0 aliphatic heterocycles. The molecule has 3 rings (SSSR count). The second-order valence-electron chi connectivity index (χ2n) is 6.17. The molecule has 0 amide bonds. The van der Waals surface area contributed by atoms with Crippen LogP contribution in [0.15, 0.2) is 77.0 Å². The Morgan fingerprint density at radius 2 is 1.46 bits per heavy atom. The second-order valence-corrected chi connectivity index (χ2v) is 6.17. The van der Waals surface area contributed by atoms with E-state index in [1.54, 1.807) is 0 Å². The van der Waals surface area contributed by atoms with Crippen LogP contribution in [0.25, 0.3) is 10.8 Å². The van der Waals surface area contributed by atoms with Crippen molar-refractivity contribution in [3.05, 3.63) is 66.7 Å². The zero-order valence-electron chi connectivity index (χ0n) is 15.5. The van der Waals surface area contributed by atoms with Gasteiger partial charge in [-0.15, -0.1) is 5.11 Å². The first-order valence-corrected chi connectivity index (χ1v) is 9.26. The van der Waals surface area contributed by atoms with Gasteiger partial charge in [-0.2, -0.15) is 5.11 Å². The van der Waals surface area contributed by atoms with E-state index in [0.29, 0.717) is 0 Å². The third-order valence-corrected chi connectivity index (χ3v) is 4.57. The van der Waals surface area contributed by atoms with E-state index in [4.69, 9.17) is 0 Å². The van der Waals surface area contributed by atoms with Gasteiger partial charge in [0, 0.05) is 29.5 Å². The number of benzene rings is 3. The van der Waals surface area contributed by atoms with Gasteiger partial charge in [-0.05, 0) is 37.4 Å². The van der Waals surface area contributed by atoms with Crippen LogP contribution in [0.2, 0.25) is 0 Å². The van der Waals surface area contributed by atoms with Crippen molar-refractivity contribution in [1.82, 2.24) is 4.90 Å². The Morgan fingerprint density at radius 1 is 0.769 bits per heavy atom. The standard InChI is InChI=1S/C22H26N4/c1-3-26(4-2)17-16-23-21-14-15-22(20-13-9-8-12-19(20)21)25-24-18-10-6-5-7-11-18/h5-15,23H,3-4,16-17H2,1-2H3. The molecule has 0 aromatic heterocycles. The summed E-state index contributed by atoms with van der Waals surface area (Å²) >= 11 is 0. The average molecular weight is 346 g/mol. The molecular weight excluding hydrogens is 320 g/mol. The number of hydrogen-bond acceptors (Lipinski definition) is 4. The molecule has 0 unspecified atom stereocenters. The lowest BCUT2D eigenvalue weighted by Gasteiger charge is -2.19. The lowest BCUT2D eigenvalue weighted by Crippen LogP contribution is -2.28. The largest absolute Gasteiger partial charge is 0.383 e. The molecule has 0 spiro atoms. The van der Waals surface area contributed by atoms with Crippen LogP contribution in [0.1, 0.15) is 13.8 Å². The van der Waals surface area contributed by atoms with Crippen molar-refractivity contribution in [3.63, 3.8) is 0 Å². The van der Waals surface area contributed by atoms with E-state index in [-0.39, 0.29) is 0 Å². The highest BCUT2D eigenvalue weighted by atomic mass is 15.1. The van der Waals surface area contributed by atoms with Gasteiger partial charge < -0.3 is 10.2 Å². The zero-order valence-corrected chi connectivity index (χ0v) is 15.5. The Hall–Kier alpha value is -2.72. The van der Waals surface area contributed by atoms with Gasteiger partial charge in [0.25, 0.3) is 0 Å². The smallest absolute Gasteiger partial charge is 0.0936 e. The predicted molar refractivity (Wildman–Crippen MR) is 111 cm³/mol. The molecule has 4 heteroatoms. The topological polar surface area (TPSA) is 40.0 Å². The Balaban J connectivity index is 1.81. The Kier molecular flexibility index (Phi) is 6.34. The molecule has 26 heavy (non-hydrogen) atoms. The SMILES string of the molecule is CCN(CC)CCNc1ccc(N=Nc2ccccc2)c2ccccc12. The van der Waals surface area contributed by atoms with E-state index in [0.717, 1.165) is 48.6 Å². The Labute approximate surface area is 155 Å². The van der Waals surface area contributed by atoms with Crippen molar-refractivity contribution >= 4 is 27.8 Å². The third kappa shape index (κ3) is 4.46. The van der Waals surface area contributed by atoms with E-state index in [2.05, 4.69) is 58.6 Å². The molecule has 0 saturated carbocycles. The molecule has 0 radical (unpaired) electrons. The number of nitrogens with zero attached hydrogens (tertiary/aromatic N) is 3. The average Bonchev–Trinajstić information content (AvgIpc) is 2.71. The van der Waals surface area contributed by atoms with Gasteiger partial charge in [-0.1, -0.05) is 56.3 Å². The fraction of sp³-hybridized carbons (Fsp3) is 0.273. The molecular formula is C22H26N4. The molecule has 4 nitrogen and oxygen atoms in total.